The Morgan fingerprint density at radius 3 is 2.88 bits per heavy atom. The Kier molecular flexibility index (Phi) is 5.05. The van der Waals surface area contributed by atoms with E-state index in [9.17, 15) is 9.59 Å². The first-order chi connectivity index (χ1) is 7.69. The molecule has 3 nitrogen and oxygen atoms in total. The number of hydrogen-bond acceptors (Lipinski definition) is 4. The van der Waals surface area contributed by atoms with Crippen molar-refractivity contribution in [3.63, 3.8) is 0 Å². The molecule has 1 aromatic carbocycles. The smallest absolute Gasteiger partial charge is 0.338 e. The first kappa shape index (κ1) is 12.8. The van der Waals surface area contributed by atoms with Gasteiger partial charge in [-0.05, 0) is 37.1 Å². The van der Waals surface area contributed by atoms with Crippen LogP contribution >= 0.6 is 12.6 Å². The Morgan fingerprint density at radius 2 is 2.25 bits per heavy atom. The summed E-state index contributed by atoms with van der Waals surface area (Å²) in [7, 11) is 0. The molecule has 0 saturated carbocycles. The quantitative estimate of drug-likeness (QED) is 0.486. The van der Waals surface area contributed by atoms with Crippen LogP contribution in [0.5, 0.6) is 0 Å². The number of thiol groups is 1. The van der Waals surface area contributed by atoms with Gasteiger partial charge in [-0.1, -0.05) is 0 Å². The molecule has 0 atom stereocenters. The van der Waals surface area contributed by atoms with Crippen molar-refractivity contribution in [1.29, 1.82) is 0 Å². The van der Waals surface area contributed by atoms with Crippen molar-refractivity contribution in [2.45, 2.75) is 24.7 Å². The third kappa shape index (κ3) is 3.38. The van der Waals surface area contributed by atoms with E-state index in [2.05, 4.69) is 12.6 Å². The van der Waals surface area contributed by atoms with Crippen LogP contribution in [0.25, 0.3) is 0 Å². The number of aldehydes is 1. The van der Waals surface area contributed by atoms with Gasteiger partial charge in [0.1, 0.15) is 6.29 Å². The molecule has 0 fully saturated rings. The third-order valence-corrected chi connectivity index (χ3v) is 2.56. The van der Waals surface area contributed by atoms with Gasteiger partial charge in [0.25, 0.3) is 0 Å². The summed E-state index contributed by atoms with van der Waals surface area (Å²) in [5.74, 6) is -0.344. The van der Waals surface area contributed by atoms with Gasteiger partial charge in [-0.15, -0.1) is 12.6 Å². The van der Waals surface area contributed by atoms with E-state index < -0.39 is 0 Å². The van der Waals surface area contributed by atoms with Crippen molar-refractivity contribution in [3.05, 3.63) is 29.3 Å². The van der Waals surface area contributed by atoms with Crippen molar-refractivity contribution in [1.82, 2.24) is 0 Å². The lowest BCUT2D eigenvalue weighted by Crippen LogP contribution is -2.05. The van der Waals surface area contributed by atoms with E-state index in [0.29, 0.717) is 25.0 Å². The molecule has 0 saturated heterocycles. The fourth-order valence-corrected chi connectivity index (χ4v) is 1.59. The highest BCUT2D eigenvalue weighted by Crippen LogP contribution is 2.18. The SMILES string of the molecule is CCOC(=O)c1ccc(S)c(CCC=O)c1. The number of ether oxygens (including phenoxy) is 1. The van der Waals surface area contributed by atoms with E-state index in [0.717, 1.165) is 16.7 Å². The molecule has 1 rings (SSSR count). The number of rotatable bonds is 5. The molecule has 0 spiro atoms. The van der Waals surface area contributed by atoms with Gasteiger partial charge in [-0.2, -0.15) is 0 Å². The fraction of sp³-hybridized carbons (Fsp3) is 0.333. The number of aryl methyl sites for hydroxylation is 1. The van der Waals surface area contributed by atoms with Gasteiger partial charge in [0.05, 0.1) is 12.2 Å². The van der Waals surface area contributed by atoms with Gasteiger partial charge in [-0.25, -0.2) is 4.79 Å². The molecule has 0 unspecified atom stereocenters. The van der Waals surface area contributed by atoms with Crippen molar-refractivity contribution in [2.75, 3.05) is 6.61 Å². The minimum Gasteiger partial charge on any atom is -0.462 e. The van der Waals surface area contributed by atoms with Crippen LogP contribution in [-0.2, 0) is 16.0 Å². The summed E-state index contributed by atoms with van der Waals surface area (Å²) in [5, 5.41) is 0. The van der Waals surface area contributed by atoms with Crippen LogP contribution in [0.3, 0.4) is 0 Å². The van der Waals surface area contributed by atoms with E-state index in [4.69, 9.17) is 4.74 Å². The minimum atomic E-state index is -0.344. The Hall–Kier alpha value is -1.29. The van der Waals surface area contributed by atoms with Crippen LogP contribution in [0.2, 0.25) is 0 Å². The van der Waals surface area contributed by atoms with E-state index >= 15 is 0 Å². The molecule has 0 heterocycles. The number of benzene rings is 1. The second-order valence-corrected chi connectivity index (χ2v) is 3.75. The predicted octanol–water partition coefficient (Wildman–Crippen LogP) is 2.28. The Labute approximate surface area is 100 Å². The molecule has 4 heteroatoms. The summed E-state index contributed by atoms with van der Waals surface area (Å²) >= 11 is 4.27. The predicted molar refractivity (Wildman–Crippen MR) is 64.0 cm³/mol. The van der Waals surface area contributed by atoms with Crippen LogP contribution < -0.4 is 0 Å². The van der Waals surface area contributed by atoms with Crippen LogP contribution in [0.4, 0.5) is 0 Å². The maximum absolute atomic E-state index is 11.5. The highest BCUT2D eigenvalue weighted by atomic mass is 32.1. The van der Waals surface area contributed by atoms with Gasteiger partial charge < -0.3 is 9.53 Å². The van der Waals surface area contributed by atoms with Gasteiger partial charge in [-0.3, -0.25) is 0 Å². The molecule has 0 aliphatic heterocycles. The largest absolute Gasteiger partial charge is 0.462 e. The van der Waals surface area contributed by atoms with Crippen LogP contribution in [0.1, 0.15) is 29.3 Å². The molecule has 0 aromatic heterocycles. The first-order valence-electron chi connectivity index (χ1n) is 5.11. The molecule has 86 valence electrons. The van der Waals surface area contributed by atoms with E-state index in [-0.39, 0.29) is 5.97 Å². The third-order valence-electron chi connectivity index (χ3n) is 2.12. The molecule has 0 bridgehead atoms. The number of esters is 1. The van der Waals surface area contributed by atoms with Crippen molar-refractivity contribution < 1.29 is 14.3 Å². The van der Waals surface area contributed by atoms with Crippen molar-refractivity contribution >= 4 is 24.9 Å². The lowest BCUT2D eigenvalue weighted by atomic mass is 10.1. The zero-order chi connectivity index (χ0) is 12.0. The maximum atomic E-state index is 11.5. The number of carbonyl (C=O) groups excluding carboxylic acids is 2. The zero-order valence-corrected chi connectivity index (χ0v) is 10.00. The average Bonchev–Trinajstić information content (AvgIpc) is 2.28. The van der Waals surface area contributed by atoms with Gasteiger partial charge in [0, 0.05) is 11.3 Å². The highest BCUT2D eigenvalue weighted by molar-refractivity contribution is 7.80. The average molecular weight is 238 g/mol. The van der Waals surface area contributed by atoms with E-state index in [1.807, 2.05) is 0 Å². The Bertz CT molecular complexity index is 388. The van der Waals surface area contributed by atoms with E-state index in [1.165, 1.54) is 0 Å². The van der Waals surface area contributed by atoms with Gasteiger partial charge in [0.15, 0.2) is 0 Å². The van der Waals surface area contributed by atoms with Crippen LogP contribution in [0, 0.1) is 0 Å². The Morgan fingerprint density at radius 1 is 1.50 bits per heavy atom. The van der Waals surface area contributed by atoms with Crippen molar-refractivity contribution in [3.8, 4) is 0 Å². The lowest BCUT2D eigenvalue weighted by Gasteiger charge is -2.06. The summed E-state index contributed by atoms with van der Waals surface area (Å²) in [6, 6.07) is 5.14. The summed E-state index contributed by atoms with van der Waals surface area (Å²) in [6.45, 7) is 2.11. The molecule has 0 aliphatic carbocycles. The second kappa shape index (κ2) is 6.33. The first-order valence-corrected chi connectivity index (χ1v) is 5.56. The summed E-state index contributed by atoms with van der Waals surface area (Å²) in [4.78, 5) is 22.5. The minimum absolute atomic E-state index is 0.344. The molecule has 1 aromatic rings. The van der Waals surface area contributed by atoms with E-state index in [1.54, 1.807) is 25.1 Å². The summed E-state index contributed by atoms with van der Waals surface area (Å²) in [6.07, 6.45) is 1.87. The van der Waals surface area contributed by atoms with Gasteiger partial charge in [0.2, 0.25) is 0 Å². The second-order valence-electron chi connectivity index (χ2n) is 3.27. The normalized spacial score (nSPS) is 9.88. The molecule has 0 amide bonds. The molecular formula is C12H14O3S. The zero-order valence-electron chi connectivity index (χ0n) is 9.10. The van der Waals surface area contributed by atoms with Crippen LogP contribution in [0.15, 0.2) is 23.1 Å². The molecule has 0 radical (unpaired) electrons. The fourth-order valence-electron chi connectivity index (χ4n) is 1.34. The monoisotopic (exact) mass is 238 g/mol. The number of hydrogen-bond donors (Lipinski definition) is 1. The standard InChI is InChI=1S/C12H14O3S/c1-2-15-12(14)10-5-6-11(16)9(8-10)4-3-7-13/h5-8,16H,2-4H2,1H3. The molecule has 0 aliphatic rings. The van der Waals surface area contributed by atoms with Gasteiger partial charge >= 0.3 is 5.97 Å². The topological polar surface area (TPSA) is 43.4 Å². The molecule has 16 heavy (non-hydrogen) atoms. The highest BCUT2D eigenvalue weighted by Gasteiger charge is 2.08. The molecular weight excluding hydrogens is 224 g/mol. The summed E-state index contributed by atoms with van der Waals surface area (Å²) in [5.41, 5.74) is 1.39. The Balaban J connectivity index is 2.88. The number of carbonyl (C=O) groups is 2. The summed E-state index contributed by atoms with van der Waals surface area (Å²) < 4.78 is 4.89. The molecule has 0 N–H and O–H groups in total. The maximum Gasteiger partial charge on any atom is 0.338 e. The lowest BCUT2D eigenvalue weighted by molar-refractivity contribution is -0.107. The van der Waals surface area contributed by atoms with Crippen molar-refractivity contribution in [2.24, 2.45) is 0 Å². The van der Waals surface area contributed by atoms with Crippen LogP contribution in [-0.4, -0.2) is 18.9 Å².